The van der Waals surface area contributed by atoms with Crippen LogP contribution in [0.15, 0.2) is 42.7 Å². The molecule has 1 unspecified atom stereocenters. The second kappa shape index (κ2) is 8.65. The van der Waals surface area contributed by atoms with Gasteiger partial charge in [-0.2, -0.15) is 0 Å². The first kappa shape index (κ1) is 20.1. The molecule has 0 aliphatic heterocycles. The van der Waals surface area contributed by atoms with Crippen LogP contribution in [0.1, 0.15) is 50.6 Å². The molecule has 3 aromatic rings. The molecule has 4 rings (SSSR count). The van der Waals surface area contributed by atoms with Crippen molar-refractivity contribution in [1.29, 1.82) is 0 Å². The zero-order chi connectivity index (χ0) is 21.1. The van der Waals surface area contributed by atoms with Crippen LogP contribution in [-0.2, 0) is 4.79 Å². The first-order chi connectivity index (χ1) is 14.6. The quantitative estimate of drug-likeness (QED) is 0.567. The van der Waals surface area contributed by atoms with Gasteiger partial charge in [-0.1, -0.05) is 6.07 Å². The fraction of sp³-hybridized carbons (Fsp3) is 0.391. The third-order valence-corrected chi connectivity index (χ3v) is 5.54. The van der Waals surface area contributed by atoms with E-state index in [0.717, 1.165) is 18.4 Å². The molecule has 0 radical (unpaired) electrons. The zero-order valence-corrected chi connectivity index (χ0v) is 17.0. The van der Waals surface area contributed by atoms with Gasteiger partial charge in [0.15, 0.2) is 11.5 Å². The van der Waals surface area contributed by atoms with E-state index in [2.05, 4.69) is 4.98 Å². The summed E-state index contributed by atoms with van der Waals surface area (Å²) in [7, 11) is 0. The summed E-state index contributed by atoms with van der Waals surface area (Å²) in [6, 6.07) is 8.39. The van der Waals surface area contributed by atoms with Crippen LogP contribution in [0.4, 0.5) is 0 Å². The summed E-state index contributed by atoms with van der Waals surface area (Å²) < 4.78 is 13.5. The van der Waals surface area contributed by atoms with Gasteiger partial charge in [-0.3, -0.25) is 9.78 Å². The van der Waals surface area contributed by atoms with Crippen molar-refractivity contribution in [3.8, 4) is 17.4 Å². The number of benzene rings is 1. The molecule has 7 nitrogen and oxygen atoms in total. The molecule has 1 aliphatic rings. The van der Waals surface area contributed by atoms with E-state index in [1.54, 1.807) is 29.1 Å². The van der Waals surface area contributed by atoms with Gasteiger partial charge in [0.25, 0.3) is 0 Å². The number of aliphatic carboxylic acids is 1. The van der Waals surface area contributed by atoms with E-state index in [4.69, 9.17) is 9.47 Å². The molecule has 0 bridgehead atoms. The monoisotopic (exact) mass is 410 g/mol. The number of carbonyl (C=O) groups is 1. The summed E-state index contributed by atoms with van der Waals surface area (Å²) in [5.74, 6) is 0.291. The Kier molecular flexibility index (Phi) is 5.79. The van der Waals surface area contributed by atoms with Crippen LogP contribution in [-0.4, -0.2) is 38.4 Å². The van der Waals surface area contributed by atoms with Crippen molar-refractivity contribution in [2.24, 2.45) is 0 Å². The van der Waals surface area contributed by atoms with Crippen LogP contribution >= 0.6 is 0 Å². The molecule has 1 aliphatic carbocycles. The first-order valence-corrected chi connectivity index (χ1v) is 10.4. The number of carboxylic acids is 1. The first-order valence-electron chi connectivity index (χ1n) is 10.4. The fourth-order valence-electron chi connectivity index (χ4n) is 4.10. The standard InChI is InChI=1S/C23H26N2O5/c1-2-29-21-12-15(9-10-20(21)30-16-6-3-4-7-16)19(13-22(26)27)25-14-18-17(23(25)28)8-5-11-24-18/h5,8-12,14,16,19,28H,2-4,6-7,13H2,1H3,(H,26,27). The van der Waals surface area contributed by atoms with E-state index in [9.17, 15) is 15.0 Å². The lowest BCUT2D eigenvalue weighted by Crippen LogP contribution is -2.15. The van der Waals surface area contributed by atoms with Gasteiger partial charge in [0.1, 0.15) is 0 Å². The van der Waals surface area contributed by atoms with Gasteiger partial charge in [0.05, 0.1) is 36.1 Å². The summed E-state index contributed by atoms with van der Waals surface area (Å²) in [5.41, 5.74) is 1.33. The number of fused-ring (bicyclic) bond motifs is 1. The number of carboxylic acid groups (broad SMARTS) is 1. The number of hydrogen-bond acceptors (Lipinski definition) is 5. The zero-order valence-electron chi connectivity index (χ0n) is 17.0. The molecule has 1 fully saturated rings. The van der Waals surface area contributed by atoms with Crippen LogP contribution in [0.25, 0.3) is 10.9 Å². The number of rotatable bonds is 8. The Morgan fingerprint density at radius 3 is 2.77 bits per heavy atom. The Hall–Kier alpha value is -3.22. The maximum absolute atomic E-state index is 11.6. The molecule has 1 saturated carbocycles. The third kappa shape index (κ3) is 4.06. The van der Waals surface area contributed by atoms with E-state index < -0.39 is 12.0 Å². The van der Waals surface area contributed by atoms with Crippen molar-refractivity contribution in [3.63, 3.8) is 0 Å². The maximum atomic E-state index is 11.6. The molecule has 2 heterocycles. The largest absolute Gasteiger partial charge is 0.494 e. The Morgan fingerprint density at radius 1 is 1.27 bits per heavy atom. The molecule has 1 atom stereocenters. The minimum Gasteiger partial charge on any atom is -0.494 e. The second-order valence-electron chi connectivity index (χ2n) is 7.57. The van der Waals surface area contributed by atoms with Crippen LogP contribution in [0.3, 0.4) is 0 Å². The second-order valence-corrected chi connectivity index (χ2v) is 7.57. The van der Waals surface area contributed by atoms with Gasteiger partial charge in [-0.15, -0.1) is 0 Å². The Bertz CT molecular complexity index is 1040. The molecule has 0 spiro atoms. The van der Waals surface area contributed by atoms with Crippen molar-refractivity contribution < 1.29 is 24.5 Å². The lowest BCUT2D eigenvalue weighted by atomic mass is 10.0. The Labute approximate surface area is 174 Å². The normalized spacial score (nSPS) is 15.4. The number of nitrogens with zero attached hydrogens (tertiary/aromatic N) is 2. The summed E-state index contributed by atoms with van der Waals surface area (Å²) in [5, 5.41) is 20.8. The van der Waals surface area contributed by atoms with Gasteiger partial charge in [0, 0.05) is 12.4 Å². The molecule has 30 heavy (non-hydrogen) atoms. The average Bonchev–Trinajstić information content (AvgIpc) is 3.36. The molecule has 2 N–H and O–H groups in total. The van der Waals surface area contributed by atoms with Gasteiger partial charge < -0.3 is 24.3 Å². The van der Waals surface area contributed by atoms with Crippen LogP contribution in [0, 0.1) is 0 Å². The molecule has 7 heteroatoms. The van der Waals surface area contributed by atoms with Crippen molar-refractivity contribution in [3.05, 3.63) is 48.3 Å². The summed E-state index contributed by atoms with van der Waals surface area (Å²) >= 11 is 0. The smallest absolute Gasteiger partial charge is 0.305 e. The van der Waals surface area contributed by atoms with Gasteiger partial charge in [-0.05, 0) is 62.4 Å². The molecule has 2 aromatic heterocycles. The predicted molar refractivity (Wildman–Crippen MR) is 112 cm³/mol. The topological polar surface area (TPSA) is 93.8 Å². The average molecular weight is 410 g/mol. The van der Waals surface area contributed by atoms with E-state index >= 15 is 0 Å². The number of hydrogen-bond donors (Lipinski definition) is 2. The number of aromatic nitrogens is 2. The summed E-state index contributed by atoms with van der Waals surface area (Å²) in [6.45, 7) is 2.37. The van der Waals surface area contributed by atoms with E-state index in [1.165, 1.54) is 12.8 Å². The number of ether oxygens (including phenoxy) is 2. The highest BCUT2D eigenvalue weighted by Gasteiger charge is 2.24. The van der Waals surface area contributed by atoms with E-state index in [-0.39, 0.29) is 18.4 Å². The molecule has 1 aromatic carbocycles. The lowest BCUT2D eigenvalue weighted by Gasteiger charge is -2.22. The maximum Gasteiger partial charge on any atom is 0.305 e. The van der Waals surface area contributed by atoms with Crippen LogP contribution in [0.2, 0.25) is 0 Å². The molecular formula is C23H26N2O5. The minimum atomic E-state index is -0.964. The summed E-state index contributed by atoms with van der Waals surface area (Å²) in [6.07, 6.45) is 7.72. The third-order valence-electron chi connectivity index (χ3n) is 5.54. The van der Waals surface area contributed by atoms with Crippen molar-refractivity contribution >= 4 is 16.9 Å². The van der Waals surface area contributed by atoms with Gasteiger partial charge >= 0.3 is 5.97 Å². The molecule has 0 amide bonds. The fourth-order valence-corrected chi connectivity index (χ4v) is 4.10. The SMILES string of the molecule is CCOc1cc(C(CC(=O)O)n2cc3ncccc3c2O)ccc1OC1CCCC1. The van der Waals surface area contributed by atoms with Crippen LogP contribution < -0.4 is 9.47 Å². The Balaban J connectivity index is 1.73. The lowest BCUT2D eigenvalue weighted by molar-refractivity contribution is -0.137. The van der Waals surface area contributed by atoms with Crippen molar-refractivity contribution in [2.75, 3.05) is 6.61 Å². The Morgan fingerprint density at radius 2 is 2.07 bits per heavy atom. The van der Waals surface area contributed by atoms with Crippen molar-refractivity contribution in [2.45, 2.75) is 51.2 Å². The highest BCUT2D eigenvalue weighted by Crippen LogP contribution is 2.38. The molecule has 158 valence electrons. The van der Waals surface area contributed by atoms with Gasteiger partial charge in [-0.25, -0.2) is 0 Å². The van der Waals surface area contributed by atoms with E-state index in [1.807, 2.05) is 25.1 Å². The highest BCUT2D eigenvalue weighted by atomic mass is 16.5. The molecule has 0 saturated heterocycles. The van der Waals surface area contributed by atoms with E-state index in [0.29, 0.717) is 29.0 Å². The minimum absolute atomic E-state index is 0.00593. The predicted octanol–water partition coefficient (Wildman–Crippen LogP) is 4.53. The van der Waals surface area contributed by atoms with Crippen LogP contribution in [0.5, 0.6) is 17.4 Å². The molecular weight excluding hydrogens is 384 g/mol. The number of aromatic hydroxyl groups is 1. The van der Waals surface area contributed by atoms with Gasteiger partial charge in [0.2, 0.25) is 5.88 Å². The number of pyridine rings is 1. The highest BCUT2D eigenvalue weighted by molar-refractivity contribution is 5.84. The summed E-state index contributed by atoms with van der Waals surface area (Å²) in [4.78, 5) is 15.9. The van der Waals surface area contributed by atoms with Crippen molar-refractivity contribution in [1.82, 2.24) is 9.55 Å².